The van der Waals surface area contributed by atoms with Gasteiger partial charge in [0.1, 0.15) is 0 Å². The van der Waals surface area contributed by atoms with Gasteiger partial charge >= 0.3 is 5.97 Å². The fraction of sp³-hybridized carbons (Fsp3) is 0.929. The van der Waals surface area contributed by atoms with Crippen LogP contribution in [0.25, 0.3) is 0 Å². The van der Waals surface area contributed by atoms with Crippen molar-refractivity contribution >= 4 is 5.97 Å². The van der Waals surface area contributed by atoms with Crippen LogP contribution in [0.1, 0.15) is 39.5 Å². The van der Waals surface area contributed by atoms with E-state index in [0.29, 0.717) is 19.1 Å². The molecular formula is C14H26N2O2. The molecule has 0 spiro atoms. The van der Waals surface area contributed by atoms with E-state index >= 15 is 0 Å². The highest BCUT2D eigenvalue weighted by atomic mass is 16.5. The summed E-state index contributed by atoms with van der Waals surface area (Å²) in [6.07, 6.45) is 4.41. The van der Waals surface area contributed by atoms with Crippen LogP contribution in [0, 0.1) is 0 Å². The van der Waals surface area contributed by atoms with Gasteiger partial charge in [0.25, 0.3) is 0 Å². The minimum absolute atomic E-state index is 0.0578. The molecule has 0 aromatic carbocycles. The van der Waals surface area contributed by atoms with Crippen molar-refractivity contribution in [3.63, 3.8) is 0 Å². The first-order chi connectivity index (χ1) is 8.70. The highest BCUT2D eigenvalue weighted by molar-refractivity contribution is 5.70. The lowest BCUT2D eigenvalue weighted by atomic mass is 10.1. The van der Waals surface area contributed by atoms with Gasteiger partial charge in [-0.3, -0.25) is 14.6 Å². The summed E-state index contributed by atoms with van der Waals surface area (Å²) in [5.74, 6) is -0.0578. The first-order valence-corrected chi connectivity index (χ1v) is 7.34. The van der Waals surface area contributed by atoms with Crippen molar-refractivity contribution in [2.45, 2.75) is 51.6 Å². The third-order valence-electron chi connectivity index (χ3n) is 4.23. The summed E-state index contributed by atoms with van der Waals surface area (Å²) >= 11 is 0. The summed E-state index contributed by atoms with van der Waals surface area (Å²) in [5.41, 5.74) is 0. The smallest absolute Gasteiger partial charge is 0.307 e. The molecule has 0 saturated carbocycles. The molecule has 2 unspecified atom stereocenters. The van der Waals surface area contributed by atoms with Crippen molar-refractivity contribution in [3.05, 3.63) is 0 Å². The van der Waals surface area contributed by atoms with E-state index < -0.39 is 0 Å². The average Bonchev–Trinajstić information content (AvgIpc) is 2.66. The van der Waals surface area contributed by atoms with Crippen LogP contribution in [0.2, 0.25) is 0 Å². The van der Waals surface area contributed by atoms with E-state index in [9.17, 15) is 4.79 Å². The molecular weight excluding hydrogens is 228 g/mol. The second-order valence-corrected chi connectivity index (χ2v) is 5.54. The zero-order valence-corrected chi connectivity index (χ0v) is 11.7. The van der Waals surface area contributed by atoms with Crippen molar-refractivity contribution in [2.24, 2.45) is 0 Å². The van der Waals surface area contributed by atoms with Gasteiger partial charge in [-0.15, -0.1) is 0 Å². The summed E-state index contributed by atoms with van der Waals surface area (Å²) in [4.78, 5) is 16.7. The van der Waals surface area contributed by atoms with Crippen molar-refractivity contribution in [3.8, 4) is 0 Å². The van der Waals surface area contributed by atoms with E-state index in [2.05, 4.69) is 16.7 Å². The summed E-state index contributed by atoms with van der Waals surface area (Å²) < 4.78 is 5.05. The van der Waals surface area contributed by atoms with E-state index in [0.717, 1.165) is 19.1 Å². The predicted molar refractivity (Wildman–Crippen MR) is 71.5 cm³/mol. The predicted octanol–water partition coefficient (Wildman–Crippen LogP) is 1.50. The zero-order valence-electron chi connectivity index (χ0n) is 11.7. The highest BCUT2D eigenvalue weighted by Gasteiger charge is 2.30. The maximum Gasteiger partial charge on any atom is 0.307 e. The molecule has 0 radical (unpaired) electrons. The van der Waals surface area contributed by atoms with E-state index in [4.69, 9.17) is 4.74 Å². The van der Waals surface area contributed by atoms with Crippen molar-refractivity contribution < 1.29 is 9.53 Å². The molecule has 2 saturated heterocycles. The lowest BCUT2D eigenvalue weighted by molar-refractivity contribution is -0.144. The molecule has 2 rings (SSSR count). The Labute approximate surface area is 110 Å². The maximum atomic E-state index is 11.6. The zero-order chi connectivity index (χ0) is 13.0. The molecule has 0 N–H and O–H groups in total. The molecule has 0 bridgehead atoms. The molecule has 104 valence electrons. The molecule has 0 amide bonds. The Morgan fingerprint density at radius 1 is 1.33 bits per heavy atom. The number of carbonyl (C=O) groups excluding carboxylic acids is 1. The van der Waals surface area contributed by atoms with E-state index in [1.54, 1.807) is 0 Å². The van der Waals surface area contributed by atoms with E-state index in [1.165, 1.54) is 32.4 Å². The number of rotatable bonds is 4. The monoisotopic (exact) mass is 254 g/mol. The Morgan fingerprint density at radius 2 is 2.11 bits per heavy atom. The largest absolute Gasteiger partial charge is 0.466 e. The fourth-order valence-corrected chi connectivity index (χ4v) is 3.23. The Morgan fingerprint density at radius 3 is 2.89 bits per heavy atom. The Bertz CT molecular complexity index is 283. The molecule has 18 heavy (non-hydrogen) atoms. The van der Waals surface area contributed by atoms with Gasteiger partial charge in [0.2, 0.25) is 0 Å². The minimum Gasteiger partial charge on any atom is -0.466 e. The lowest BCUT2D eigenvalue weighted by Gasteiger charge is -2.30. The highest BCUT2D eigenvalue weighted by Crippen LogP contribution is 2.22. The lowest BCUT2D eigenvalue weighted by Crippen LogP contribution is -2.41. The molecule has 0 aromatic rings. The quantitative estimate of drug-likeness (QED) is 0.712. The van der Waals surface area contributed by atoms with Gasteiger partial charge in [0.05, 0.1) is 13.0 Å². The molecule has 2 heterocycles. The summed E-state index contributed by atoms with van der Waals surface area (Å²) in [6.45, 7) is 9.25. The number of nitrogens with zero attached hydrogens (tertiary/aromatic N) is 2. The van der Waals surface area contributed by atoms with Gasteiger partial charge < -0.3 is 4.74 Å². The number of hydrogen-bond donors (Lipinski definition) is 0. The van der Waals surface area contributed by atoms with Crippen molar-refractivity contribution in [1.82, 2.24) is 9.80 Å². The van der Waals surface area contributed by atoms with Crippen molar-refractivity contribution in [1.29, 1.82) is 0 Å². The maximum absolute atomic E-state index is 11.6. The Kier molecular flexibility index (Phi) is 5.01. The van der Waals surface area contributed by atoms with Gasteiger partial charge in [0, 0.05) is 18.6 Å². The molecule has 0 aliphatic carbocycles. The number of fused-ring (bicyclic) bond motifs is 1. The second kappa shape index (κ2) is 6.53. The van der Waals surface area contributed by atoms with Gasteiger partial charge in [0.15, 0.2) is 0 Å². The molecule has 2 aliphatic rings. The van der Waals surface area contributed by atoms with Gasteiger partial charge in [-0.2, -0.15) is 0 Å². The SMILES string of the molecule is CCOC(=O)CC(C)N1CCCN2CCCC2C1. The standard InChI is InChI=1S/C14H26N2O2/c1-3-18-14(17)10-12(2)16-9-5-8-15-7-4-6-13(15)11-16/h12-13H,3-11H2,1-2H3. The number of hydrogen-bond acceptors (Lipinski definition) is 4. The summed E-state index contributed by atoms with van der Waals surface area (Å²) in [7, 11) is 0. The second-order valence-electron chi connectivity index (χ2n) is 5.54. The Hall–Kier alpha value is -0.610. The van der Waals surface area contributed by atoms with Gasteiger partial charge in [-0.1, -0.05) is 0 Å². The van der Waals surface area contributed by atoms with E-state index in [1.807, 2.05) is 6.92 Å². The van der Waals surface area contributed by atoms with Gasteiger partial charge in [-0.05, 0) is 52.7 Å². The van der Waals surface area contributed by atoms with Crippen LogP contribution in [0.15, 0.2) is 0 Å². The van der Waals surface area contributed by atoms with Crippen molar-refractivity contribution in [2.75, 3.05) is 32.8 Å². The average molecular weight is 254 g/mol. The fourth-order valence-electron chi connectivity index (χ4n) is 3.23. The topological polar surface area (TPSA) is 32.8 Å². The molecule has 2 atom stereocenters. The number of carbonyl (C=O) groups is 1. The van der Waals surface area contributed by atoms with Crippen LogP contribution in [0.3, 0.4) is 0 Å². The molecule has 2 fully saturated rings. The van der Waals surface area contributed by atoms with Crippen LogP contribution in [-0.4, -0.2) is 60.6 Å². The molecule has 0 aromatic heterocycles. The third kappa shape index (κ3) is 3.45. The molecule has 4 heteroatoms. The van der Waals surface area contributed by atoms with Gasteiger partial charge in [-0.25, -0.2) is 0 Å². The number of ether oxygens (including phenoxy) is 1. The van der Waals surface area contributed by atoms with Crippen LogP contribution in [-0.2, 0) is 9.53 Å². The number of esters is 1. The molecule has 2 aliphatic heterocycles. The normalized spacial score (nSPS) is 27.6. The van der Waals surface area contributed by atoms with Crippen LogP contribution >= 0.6 is 0 Å². The first kappa shape index (κ1) is 13.8. The van der Waals surface area contributed by atoms with E-state index in [-0.39, 0.29) is 5.97 Å². The van der Waals surface area contributed by atoms with Crippen LogP contribution in [0.4, 0.5) is 0 Å². The Balaban J connectivity index is 1.85. The minimum atomic E-state index is -0.0578. The summed E-state index contributed by atoms with van der Waals surface area (Å²) in [5, 5.41) is 0. The van der Waals surface area contributed by atoms with Crippen LogP contribution < -0.4 is 0 Å². The third-order valence-corrected chi connectivity index (χ3v) is 4.23. The molecule has 4 nitrogen and oxygen atoms in total. The summed E-state index contributed by atoms with van der Waals surface area (Å²) in [6, 6.07) is 1.03. The first-order valence-electron chi connectivity index (χ1n) is 7.34. The van der Waals surface area contributed by atoms with Crippen LogP contribution in [0.5, 0.6) is 0 Å².